The molecule has 2 heterocycles. The van der Waals surface area contributed by atoms with Gasteiger partial charge < -0.3 is 15.0 Å². The summed E-state index contributed by atoms with van der Waals surface area (Å²) in [5, 5.41) is 2.50. The second kappa shape index (κ2) is 10.9. The Labute approximate surface area is 188 Å². The van der Waals surface area contributed by atoms with Gasteiger partial charge in [0, 0.05) is 25.2 Å². The van der Waals surface area contributed by atoms with Crippen LogP contribution < -0.4 is 16.6 Å². The van der Waals surface area contributed by atoms with Gasteiger partial charge in [0.05, 0.1) is 6.61 Å². The van der Waals surface area contributed by atoms with Crippen LogP contribution in [-0.2, 0) is 24.4 Å². The van der Waals surface area contributed by atoms with Crippen LogP contribution in [0.1, 0.15) is 38.2 Å². The van der Waals surface area contributed by atoms with Crippen LogP contribution in [0.25, 0.3) is 11.2 Å². The van der Waals surface area contributed by atoms with Crippen molar-refractivity contribution in [3.63, 3.8) is 0 Å². The van der Waals surface area contributed by atoms with Gasteiger partial charge in [0.15, 0.2) is 11.2 Å². The summed E-state index contributed by atoms with van der Waals surface area (Å²) in [5.41, 5.74) is -0.271. The summed E-state index contributed by atoms with van der Waals surface area (Å²) < 4.78 is 21.2. The summed E-state index contributed by atoms with van der Waals surface area (Å²) in [6, 6.07) is 6.09. The van der Waals surface area contributed by atoms with E-state index in [2.05, 4.69) is 22.2 Å². The van der Waals surface area contributed by atoms with Crippen LogP contribution in [0.15, 0.2) is 33.9 Å². The summed E-state index contributed by atoms with van der Waals surface area (Å²) >= 11 is 5.92. The van der Waals surface area contributed by atoms with Gasteiger partial charge in [0.25, 0.3) is 5.56 Å². The number of H-pyrrole nitrogens is 1. The van der Waals surface area contributed by atoms with Gasteiger partial charge in [-0.25, -0.2) is 14.0 Å². The van der Waals surface area contributed by atoms with Gasteiger partial charge in [-0.2, -0.15) is 4.98 Å². The van der Waals surface area contributed by atoms with Crippen molar-refractivity contribution >= 4 is 28.9 Å². The molecule has 0 bridgehead atoms. The Morgan fingerprint density at radius 2 is 1.94 bits per heavy atom. The predicted octanol–water partition coefficient (Wildman–Crippen LogP) is 3.19. The summed E-state index contributed by atoms with van der Waals surface area (Å²) in [5.74, 6) is -0.420. The van der Waals surface area contributed by atoms with Gasteiger partial charge >= 0.3 is 11.8 Å². The Bertz CT molecular complexity index is 1200. The number of hydrogen-bond acceptors (Lipinski definition) is 5. The second-order valence-electron chi connectivity index (χ2n) is 7.26. The molecule has 3 aromatic rings. The number of hydrogen-bond donors (Lipinski definition) is 2. The fourth-order valence-electron chi connectivity index (χ4n) is 3.30. The molecular formula is C21H25ClFN5O4. The first-order chi connectivity index (χ1) is 15.4. The number of alkyl carbamates (subject to hydrolysis) is 1. The van der Waals surface area contributed by atoms with Crippen molar-refractivity contribution in [1.82, 2.24) is 24.4 Å². The third-order valence-electron chi connectivity index (χ3n) is 4.96. The SMILES string of the molecule is CCCCCn1c(=O)n(CCCOC(=O)NCc2ccccc2F)c(=O)c2[nH]c(Cl)nc21. The third kappa shape index (κ3) is 5.56. The molecule has 0 fully saturated rings. The molecule has 32 heavy (non-hydrogen) atoms. The molecule has 0 radical (unpaired) electrons. The predicted molar refractivity (Wildman–Crippen MR) is 118 cm³/mol. The lowest BCUT2D eigenvalue weighted by atomic mass is 10.2. The van der Waals surface area contributed by atoms with Crippen LogP contribution in [0.5, 0.6) is 0 Å². The number of imidazole rings is 1. The maximum atomic E-state index is 13.6. The smallest absolute Gasteiger partial charge is 0.407 e. The number of unbranched alkanes of at least 4 members (excludes halogenated alkanes) is 2. The van der Waals surface area contributed by atoms with E-state index in [4.69, 9.17) is 16.3 Å². The van der Waals surface area contributed by atoms with Gasteiger partial charge in [-0.05, 0) is 30.5 Å². The Morgan fingerprint density at radius 3 is 2.69 bits per heavy atom. The van der Waals surface area contributed by atoms with Crippen LogP contribution in [0, 0.1) is 5.82 Å². The van der Waals surface area contributed by atoms with Gasteiger partial charge in [-0.3, -0.25) is 13.9 Å². The molecule has 172 valence electrons. The number of benzene rings is 1. The fourth-order valence-corrected chi connectivity index (χ4v) is 3.48. The molecule has 1 amide bonds. The normalized spacial score (nSPS) is 11.1. The third-order valence-corrected chi connectivity index (χ3v) is 5.14. The lowest BCUT2D eigenvalue weighted by Crippen LogP contribution is -2.40. The number of nitrogens with one attached hydrogen (secondary N) is 2. The van der Waals surface area contributed by atoms with Crippen molar-refractivity contribution in [1.29, 1.82) is 0 Å². The van der Waals surface area contributed by atoms with Crippen LogP contribution in [0.2, 0.25) is 5.28 Å². The molecule has 0 aliphatic rings. The quantitative estimate of drug-likeness (QED) is 0.353. The first kappa shape index (κ1) is 23.5. The Hall–Kier alpha value is -3.14. The molecule has 1 aromatic carbocycles. The van der Waals surface area contributed by atoms with Crippen molar-refractivity contribution in [3.8, 4) is 0 Å². The van der Waals surface area contributed by atoms with E-state index < -0.39 is 23.2 Å². The number of halogens is 2. The van der Waals surface area contributed by atoms with E-state index in [9.17, 15) is 18.8 Å². The number of aromatic nitrogens is 4. The van der Waals surface area contributed by atoms with Crippen LogP contribution >= 0.6 is 11.6 Å². The minimum Gasteiger partial charge on any atom is -0.449 e. The van der Waals surface area contributed by atoms with Gasteiger partial charge in [0.2, 0.25) is 5.28 Å². The largest absolute Gasteiger partial charge is 0.449 e. The van der Waals surface area contributed by atoms with Crippen molar-refractivity contribution < 1.29 is 13.9 Å². The Kier molecular flexibility index (Phi) is 8.04. The van der Waals surface area contributed by atoms with E-state index in [1.807, 2.05) is 0 Å². The first-order valence-corrected chi connectivity index (χ1v) is 10.8. The van der Waals surface area contributed by atoms with Crippen molar-refractivity contribution in [2.45, 2.75) is 52.2 Å². The van der Waals surface area contributed by atoms with Crippen molar-refractivity contribution in [3.05, 3.63) is 61.8 Å². The Morgan fingerprint density at radius 1 is 1.19 bits per heavy atom. The molecule has 2 aromatic heterocycles. The van der Waals surface area contributed by atoms with Crippen LogP contribution in [-0.4, -0.2) is 31.8 Å². The molecular weight excluding hydrogens is 441 g/mol. The highest BCUT2D eigenvalue weighted by Crippen LogP contribution is 2.11. The highest BCUT2D eigenvalue weighted by Gasteiger charge is 2.16. The van der Waals surface area contributed by atoms with Gasteiger partial charge in [-0.15, -0.1) is 0 Å². The number of carbonyl (C=O) groups is 1. The molecule has 9 nitrogen and oxygen atoms in total. The Balaban J connectivity index is 1.62. The highest BCUT2D eigenvalue weighted by atomic mass is 35.5. The molecule has 11 heteroatoms. The van der Waals surface area contributed by atoms with E-state index >= 15 is 0 Å². The molecule has 3 rings (SSSR count). The zero-order valence-corrected chi connectivity index (χ0v) is 18.5. The number of aromatic amines is 1. The molecule has 2 N–H and O–H groups in total. The average Bonchev–Trinajstić information content (AvgIpc) is 3.16. The van der Waals surface area contributed by atoms with E-state index in [0.717, 1.165) is 23.8 Å². The number of nitrogens with zero attached hydrogens (tertiary/aromatic N) is 3. The van der Waals surface area contributed by atoms with E-state index in [-0.39, 0.29) is 42.6 Å². The standard InChI is InChI=1S/C21H25ClFN5O4/c1-2-3-6-10-27-17-16(25-19(22)26-17)18(29)28(21(27)31)11-7-12-32-20(30)24-13-14-8-4-5-9-15(14)23/h4-5,8-9H,2-3,6-7,10-13H2,1H3,(H,24,30)(H,25,26). The number of aryl methyl sites for hydroxylation is 1. The molecule has 0 aliphatic heterocycles. The molecule has 0 spiro atoms. The minimum atomic E-state index is -0.714. The van der Waals surface area contributed by atoms with E-state index in [1.54, 1.807) is 18.2 Å². The number of rotatable bonds is 10. The number of ether oxygens (including phenoxy) is 1. The van der Waals surface area contributed by atoms with E-state index in [0.29, 0.717) is 12.1 Å². The summed E-state index contributed by atoms with van der Waals surface area (Å²) in [4.78, 5) is 44.2. The lowest BCUT2D eigenvalue weighted by Gasteiger charge is -2.11. The highest BCUT2D eigenvalue weighted by molar-refractivity contribution is 6.28. The van der Waals surface area contributed by atoms with Gasteiger partial charge in [-0.1, -0.05) is 38.0 Å². The zero-order valence-electron chi connectivity index (χ0n) is 17.7. The lowest BCUT2D eigenvalue weighted by molar-refractivity contribution is 0.142. The number of carbonyl (C=O) groups excluding carboxylic acids is 1. The van der Waals surface area contributed by atoms with E-state index in [1.165, 1.54) is 10.6 Å². The summed E-state index contributed by atoms with van der Waals surface area (Å²) in [6.07, 6.45) is 2.20. The maximum absolute atomic E-state index is 13.6. The average molecular weight is 466 g/mol. The van der Waals surface area contributed by atoms with Crippen LogP contribution in [0.3, 0.4) is 0 Å². The first-order valence-electron chi connectivity index (χ1n) is 10.4. The zero-order chi connectivity index (χ0) is 23.1. The van der Waals surface area contributed by atoms with Gasteiger partial charge in [0.1, 0.15) is 5.82 Å². The monoisotopic (exact) mass is 465 g/mol. The molecule has 0 atom stereocenters. The summed E-state index contributed by atoms with van der Waals surface area (Å²) in [7, 11) is 0. The van der Waals surface area contributed by atoms with Crippen LogP contribution in [0.4, 0.5) is 9.18 Å². The second-order valence-corrected chi connectivity index (χ2v) is 7.62. The summed E-state index contributed by atoms with van der Waals surface area (Å²) in [6.45, 7) is 2.49. The molecule has 0 saturated heterocycles. The number of fused-ring (bicyclic) bond motifs is 1. The fraction of sp³-hybridized carbons (Fsp3) is 0.429. The molecule has 0 aliphatic carbocycles. The maximum Gasteiger partial charge on any atom is 0.407 e. The number of amides is 1. The van der Waals surface area contributed by atoms with Crippen molar-refractivity contribution in [2.24, 2.45) is 0 Å². The molecule has 0 saturated carbocycles. The minimum absolute atomic E-state index is 0.00924. The van der Waals surface area contributed by atoms with Crippen molar-refractivity contribution in [2.75, 3.05) is 6.61 Å². The topological polar surface area (TPSA) is 111 Å². The molecule has 0 unspecified atom stereocenters.